The molecule has 8 N–H and O–H groups in total. The molecular weight excluding hydrogens is 304 g/mol. The molecule has 0 saturated carbocycles. The highest BCUT2D eigenvalue weighted by Gasteiger charge is 2.68. The molecule has 2 aliphatic heterocycles. The average Bonchev–Trinajstić information content (AvgIpc) is 2.50. The Labute approximate surface area is 125 Å². The van der Waals surface area contributed by atoms with Crippen LogP contribution >= 0.6 is 0 Å². The third kappa shape index (κ3) is 2.36. The van der Waals surface area contributed by atoms with Gasteiger partial charge in [-0.1, -0.05) is 0 Å². The Morgan fingerprint density at radius 2 is 1.55 bits per heavy atom. The minimum atomic E-state index is -2.71. The van der Waals surface area contributed by atoms with E-state index in [1.807, 2.05) is 0 Å². The fraction of sp³-hybridized carbons (Fsp3) is 1.00. The van der Waals surface area contributed by atoms with E-state index in [1.54, 1.807) is 0 Å². The predicted molar refractivity (Wildman–Crippen MR) is 67.6 cm³/mol. The van der Waals surface area contributed by atoms with Gasteiger partial charge in [0, 0.05) is 0 Å². The first-order valence-corrected chi connectivity index (χ1v) is 6.86. The first-order valence-electron chi connectivity index (χ1n) is 6.86. The second-order valence-corrected chi connectivity index (χ2v) is 5.73. The van der Waals surface area contributed by atoms with E-state index >= 15 is 0 Å². The Hall–Kier alpha value is -0.400. The standard InChI is InChI=1S/C12H22O10/c13-1-6-8(16)10(18)11(19,4-22-6)12(20)7(2-14)21-3-5(15)9(12)17/h5-10,13-20H,1-4H2/t5-,6+,7+,8-,9+,10-,11+,12-/m0/s1. The molecule has 10 heteroatoms. The van der Waals surface area contributed by atoms with Gasteiger partial charge in [-0.3, -0.25) is 0 Å². The molecule has 0 unspecified atom stereocenters. The van der Waals surface area contributed by atoms with Crippen molar-refractivity contribution in [1.29, 1.82) is 0 Å². The lowest BCUT2D eigenvalue weighted by Crippen LogP contribution is -2.81. The molecule has 0 aliphatic carbocycles. The summed E-state index contributed by atoms with van der Waals surface area (Å²) in [6.45, 7) is -2.63. The van der Waals surface area contributed by atoms with Crippen LogP contribution in [0.25, 0.3) is 0 Å². The summed E-state index contributed by atoms with van der Waals surface area (Å²) in [5.41, 5.74) is -5.35. The van der Waals surface area contributed by atoms with Gasteiger partial charge in [0.05, 0.1) is 26.4 Å². The zero-order chi connectivity index (χ0) is 16.7. The maximum Gasteiger partial charge on any atom is 0.155 e. The van der Waals surface area contributed by atoms with Crippen LogP contribution in [0.2, 0.25) is 0 Å². The molecule has 22 heavy (non-hydrogen) atoms. The molecule has 0 aromatic carbocycles. The average molecular weight is 326 g/mol. The summed E-state index contributed by atoms with van der Waals surface area (Å²) in [5, 5.41) is 79.5. The van der Waals surface area contributed by atoms with Crippen LogP contribution < -0.4 is 0 Å². The third-order valence-electron chi connectivity index (χ3n) is 4.52. The Bertz CT molecular complexity index is 390. The van der Waals surface area contributed by atoms with Gasteiger partial charge in [0.2, 0.25) is 0 Å². The van der Waals surface area contributed by atoms with E-state index < -0.39 is 74.3 Å². The number of ether oxygens (including phenoxy) is 2. The van der Waals surface area contributed by atoms with Gasteiger partial charge in [-0.25, -0.2) is 0 Å². The first-order chi connectivity index (χ1) is 10.2. The fourth-order valence-electron chi connectivity index (χ4n) is 3.06. The third-order valence-corrected chi connectivity index (χ3v) is 4.52. The quantitative estimate of drug-likeness (QED) is 0.249. The van der Waals surface area contributed by atoms with Crippen molar-refractivity contribution in [3.63, 3.8) is 0 Å². The van der Waals surface area contributed by atoms with Crippen LogP contribution in [0.1, 0.15) is 0 Å². The molecule has 0 spiro atoms. The topological polar surface area (TPSA) is 180 Å². The second kappa shape index (κ2) is 6.24. The van der Waals surface area contributed by atoms with Crippen molar-refractivity contribution in [2.45, 2.75) is 47.8 Å². The summed E-state index contributed by atoms with van der Waals surface area (Å²) in [6.07, 6.45) is -10.1. The van der Waals surface area contributed by atoms with E-state index in [1.165, 1.54) is 0 Å². The summed E-state index contributed by atoms with van der Waals surface area (Å²) in [4.78, 5) is 0. The van der Waals surface area contributed by atoms with Crippen molar-refractivity contribution in [2.24, 2.45) is 0 Å². The van der Waals surface area contributed by atoms with Crippen molar-refractivity contribution >= 4 is 0 Å². The van der Waals surface area contributed by atoms with Crippen molar-refractivity contribution in [3.05, 3.63) is 0 Å². The minimum absolute atomic E-state index is 0.399. The van der Waals surface area contributed by atoms with E-state index in [9.17, 15) is 35.7 Å². The molecular formula is C12H22O10. The summed E-state index contributed by atoms with van der Waals surface area (Å²) in [6, 6.07) is 0. The number of aliphatic hydroxyl groups is 8. The predicted octanol–water partition coefficient (Wildman–Crippen LogP) is -5.33. The van der Waals surface area contributed by atoms with Gasteiger partial charge in [-0.2, -0.15) is 0 Å². The highest BCUT2D eigenvalue weighted by Crippen LogP contribution is 2.41. The van der Waals surface area contributed by atoms with Gasteiger partial charge in [0.1, 0.15) is 36.6 Å². The van der Waals surface area contributed by atoms with Crippen molar-refractivity contribution in [3.8, 4) is 0 Å². The number of rotatable bonds is 3. The highest BCUT2D eigenvalue weighted by atomic mass is 16.6. The molecule has 2 fully saturated rings. The Morgan fingerprint density at radius 3 is 2.09 bits per heavy atom. The Morgan fingerprint density at radius 1 is 0.909 bits per heavy atom. The SMILES string of the molecule is OC[C@H]1OC[C@](O)([C@@]2(O)[C@H](O)[C@@H](O)CO[C@@H]2CO)[C@@H](O)[C@H]1O. The van der Waals surface area contributed by atoms with Crippen LogP contribution in [0.3, 0.4) is 0 Å². The lowest BCUT2D eigenvalue weighted by molar-refractivity contribution is -0.359. The van der Waals surface area contributed by atoms with E-state index in [0.717, 1.165) is 0 Å². The number of hydrogen-bond donors (Lipinski definition) is 8. The number of aliphatic hydroxyl groups excluding tert-OH is 6. The molecule has 0 amide bonds. The molecule has 2 saturated heterocycles. The van der Waals surface area contributed by atoms with Gasteiger partial charge >= 0.3 is 0 Å². The van der Waals surface area contributed by atoms with Gasteiger partial charge in [0.15, 0.2) is 11.2 Å². The molecule has 0 aromatic rings. The monoisotopic (exact) mass is 326 g/mol. The number of hydrogen-bond acceptors (Lipinski definition) is 10. The van der Waals surface area contributed by atoms with Gasteiger partial charge in [-0.05, 0) is 0 Å². The van der Waals surface area contributed by atoms with Crippen LogP contribution in [0, 0.1) is 0 Å². The van der Waals surface area contributed by atoms with E-state index in [2.05, 4.69) is 0 Å². The molecule has 10 nitrogen and oxygen atoms in total. The van der Waals surface area contributed by atoms with Crippen LogP contribution in [-0.2, 0) is 9.47 Å². The zero-order valence-corrected chi connectivity index (χ0v) is 11.7. The summed E-state index contributed by atoms with van der Waals surface area (Å²) in [7, 11) is 0. The molecule has 2 heterocycles. The Kier molecular flexibility index (Phi) is 5.09. The lowest BCUT2D eigenvalue weighted by atomic mass is 9.67. The minimum Gasteiger partial charge on any atom is -0.394 e. The van der Waals surface area contributed by atoms with Crippen LogP contribution in [0.15, 0.2) is 0 Å². The van der Waals surface area contributed by atoms with E-state index in [-0.39, 0.29) is 0 Å². The largest absolute Gasteiger partial charge is 0.394 e. The van der Waals surface area contributed by atoms with Crippen molar-refractivity contribution in [2.75, 3.05) is 26.4 Å². The van der Waals surface area contributed by atoms with Crippen LogP contribution in [0.4, 0.5) is 0 Å². The van der Waals surface area contributed by atoms with Gasteiger partial charge in [-0.15, -0.1) is 0 Å². The molecule has 130 valence electrons. The van der Waals surface area contributed by atoms with Crippen molar-refractivity contribution < 1.29 is 50.3 Å². The zero-order valence-electron chi connectivity index (χ0n) is 11.7. The summed E-state index contributed by atoms with van der Waals surface area (Å²) in [5.74, 6) is 0. The van der Waals surface area contributed by atoms with E-state index in [4.69, 9.17) is 14.6 Å². The normalized spacial score (nSPS) is 53.5. The summed E-state index contributed by atoms with van der Waals surface area (Å²) >= 11 is 0. The molecule has 8 atom stereocenters. The molecule has 2 rings (SSSR count). The lowest BCUT2D eigenvalue weighted by Gasteiger charge is -2.56. The molecule has 0 bridgehead atoms. The van der Waals surface area contributed by atoms with Crippen LogP contribution in [0.5, 0.6) is 0 Å². The van der Waals surface area contributed by atoms with Gasteiger partial charge in [0.25, 0.3) is 0 Å². The molecule has 0 aromatic heterocycles. The molecule has 2 aliphatic rings. The maximum atomic E-state index is 10.7. The molecule has 0 radical (unpaired) electrons. The van der Waals surface area contributed by atoms with Crippen molar-refractivity contribution in [1.82, 2.24) is 0 Å². The maximum absolute atomic E-state index is 10.7. The van der Waals surface area contributed by atoms with Gasteiger partial charge < -0.3 is 50.3 Å². The summed E-state index contributed by atoms with van der Waals surface area (Å²) < 4.78 is 10.0. The van der Waals surface area contributed by atoms with Crippen LogP contribution in [-0.4, -0.2) is 115 Å². The van der Waals surface area contributed by atoms with E-state index in [0.29, 0.717) is 0 Å². The first kappa shape index (κ1) is 17.9. The smallest absolute Gasteiger partial charge is 0.155 e. The second-order valence-electron chi connectivity index (χ2n) is 5.73. The highest BCUT2D eigenvalue weighted by molar-refractivity contribution is 5.18. The Balaban J connectivity index is 2.40. The fourth-order valence-corrected chi connectivity index (χ4v) is 3.06.